The van der Waals surface area contributed by atoms with E-state index in [0.29, 0.717) is 19.4 Å². The summed E-state index contributed by atoms with van der Waals surface area (Å²) in [7, 11) is -2.12. The molecule has 2 aromatic carbocycles. The number of anilines is 1. The Labute approximate surface area is 213 Å². The fourth-order valence-corrected chi connectivity index (χ4v) is 8.07. The first kappa shape index (κ1) is 25.3. The zero-order valence-corrected chi connectivity index (χ0v) is 22.1. The van der Waals surface area contributed by atoms with Gasteiger partial charge in [0.05, 0.1) is 6.04 Å². The number of nitrogens with one attached hydrogen (secondary N) is 1. The molecular formula is C28H35N6OSi+. The highest BCUT2D eigenvalue weighted by atomic mass is 28.3. The molecule has 8 heteroatoms. The van der Waals surface area contributed by atoms with E-state index < -0.39 is 14.1 Å². The van der Waals surface area contributed by atoms with Gasteiger partial charge >= 0.3 is 0 Å². The number of carbonyl (C=O) groups excluding carboxylic acids is 1. The number of nitrogens with two attached hydrogens (primary N) is 4. The molecule has 9 N–H and O–H groups in total. The number of rotatable bonds is 7. The second-order valence-electron chi connectivity index (χ2n) is 9.92. The van der Waals surface area contributed by atoms with Crippen LogP contribution in [0.15, 0.2) is 76.5 Å². The Balaban J connectivity index is 1.71. The largest absolute Gasteiger partial charge is 0.370 e. The summed E-state index contributed by atoms with van der Waals surface area (Å²) >= 11 is 0. The highest BCUT2D eigenvalue weighted by Crippen LogP contribution is 2.42. The Morgan fingerprint density at radius 1 is 1.11 bits per heavy atom. The molecule has 0 unspecified atom stereocenters. The van der Waals surface area contributed by atoms with Gasteiger partial charge in [0.25, 0.3) is 0 Å². The van der Waals surface area contributed by atoms with Gasteiger partial charge in [-0.2, -0.15) is 0 Å². The van der Waals surface area contributed by atoms with Gasteiger partial charge in [0.2, 0.25) is 5.91 Å². The van der Waals surface area contributed by atoms with E-state index in [1.165, 1.54) is 38.2 Å². The third-order valence-electron chi connectivity index (χ3n) is 6.93. The van der Waals surface area contributed by atoms with Crippen LogP contribution in [0, 0.1) is 6.92 Å². The topological polar surface area (TPSA) is 145 Å². The third-order valence-corrected chi connectivity index (χ3v) is 10.5. The van der Waals surface area contributed by atoms with E-state index in [2.05, 4.69) is 78.9 Å². The van der Waals surface area contributed by atoms with Crippen LogP contribution in [0.3, 0.4) is 0 Å². The smallest absolute Gasteiger partial charge is 0.241 e. The SMILES string of the molecule is Cc1ccccc1C1=C2C=CC(=[NH2+])C=C2[Si](C)(C)c2cc(NC(=O)[C@@H](N)CCCN=C(N)N)ccc21. The number of amides is 1. The van der Waals surface area contributed by atoms with Gasteiger partial charge in [-0.3, -0.25) is 15.2 Å². The van der Waals surface area contributed by atoms with Crippen molar-refractivity contribution in [1.29, 1.82) is 0 Å². The first-order chi connectivity index (χ1) is 17.1. The number of hydrogen-bond acceptors (Lipinski definition) is 3. The van der Waals surface area contributed by atoms with Crippen LogP contribution in [0.2, 0.25) is 13.1 Å². The van der Waals surface area contributed by atoms with Gasteiger partial charge in [-0.1, -0.05) is 43.4 Å². The van der Waals surface area contributed by atoms with Gasteiger partial charge < -0.3 is 22.5 Å². The lowest BCUT2D eigenvalue weighted by molar-refractivity contribution is -0.117. The summed E-state index contributed by atoms with van der Waals surface area (Å²) in [6.45, 7) is 7.25. The Kier molecular flexibility index (Phi) is 7.10. The zero-order chi connectivity index (χ0) is 26.0. The number of allylic oxidation sites excluding steroid dienone is 5. The fraction of sp³-hybridized carbons (Fsp3) is 0.250. The van der Waals surface area contributed by atoms with E-state index in [0.717, 1.165) is 11.4 Å². The van der Waals surface area contributed by atoms with Crippen molar-refractivity contribution < 1.29 is 10.2 Å². The predicted molar refractivity (Wildman–Crippen MR) is 151 cm³/mol. The number of fused-ring (bicyclic) bond motifs is 2. The number of guanidine groups is 1. The van der Waals surface area contributed by atoms with Gasteiger partial charge in [0.15, 0.2) is 11.7 Å². The molecule has 0 spiro atoms. The first-order valence-corrected chi connectivity index (χ1v) is 15.2. The highest BCUT2D eigenvalue weighted by Gasteiger charge is 2.40. The molecule has 1 amide bonds. The summed E-state index contributed by atoms with van der Waals surface area (Å²) in [6, 6.07) is 14.0. The number of benzene rings is 2. The van der Waals surface area contributed by atoms with E-state index in [9.17, 15) is 4.79 Å². The molecule has 2 aliphatic rings. The average molecular weight is 500 g/mol. The Hall–Kier alpha value is -3.75. The molecule has 2 aromatic rings. The van der Waals surface area contributed by atoms with Gasteiger partial charge in [-0.25, -0.2) is 0 Å². The summed E-state index contributed by atoms with van der Waals surface area (Å²) in [5.74, 6) is -0.179. The molecule has 7 nitrogen and oxygen atoms in total. The van der Waals surface area contributed by atoms with E-state index >= 15 is 0 Å². The quantitative estimate of drug-likeness (QED) is 0.169. The molecule has 0 radical (unpaired) electrons. The van der Waals surface area contributed by atoms with Crippen molar-refractivity contribution in [3.63, 3.8) is 0 Å². The van der Waals surface area contributed by atoms with Gasteiger partial charge in [0, 0.05) is 24.4 Å². The molecule has 0 aromatic heterocycles. The molecule has 186 valence electrons. The van der Waals surface area contributed by atoms with E-state index in [4.69, 9.17) is 22.6 Å². The number of hydrogen-bond donors (Lipinski definition) is 5. The van der Waals surface area contributed by atoms with E-state index in [1.54, 1.807) is 0 Å². The van der Waals surface area contributed by atoms with Crippen molar-refractivity contribution in [3.05, 3.63) is 88.2 Å². The van der Waals surface area contributed by atoms with Gasteiger partial charge in [-0.15, -0.1) is 0 Å². The summed E-state index contributed by atoms with van der Waals surface area (Å²) in [4.78, 5) is 16.8. The van der Waals surface area contributed by atoms with Crippen LogP contribution in [-0.2, 0) is 4.79 Å². The fourth-order valence-electron chi connectivity index (χ4n) is 4.97. The second kappa shape index (κ2) is 10.1. The highest BCUT2D eigenvalue weighted by molar-refractivity contribution is 6.98. The molecule has 0 fully saturated rings. The van der Waals surface area contributed by atoms with Crippen molar-refractivity contribution >= 4 is 42.1 Å². The van der Waals surface area contributed by atoms with Gasteiger partial charge in [-0.05, 0) is 76.2 Å². The molecule has 1 atom stereocenters. The second-order valence-corrected chi connectivity index (χ2v) is 14.3. The maximum absolute atomic E-state index is 12.8. The van der Waals surface area contributed by atoms with Crippen LogP contribution in [0.5, 0.6) is 0 Å². The maximum atomic E-state index is 12.8. The lowest BCUT2D eigenvalue weighted by atomic mass is 9.87. The summed E-state index contributed by atoms with van der Waals surface area (Å²) in [5, 5.41) is 11.8. The monoisotopic (exact) mass is 499 g/mol. The first-order valence-electron chi connectivity index (χ1n) is 12.2. The molecular weight excluding hydrogens is 464 g/mol. The molecule has 4 rings (SSSR count). The molecule has 1 heterocycles. The standard InChI is InChI=1S/C28H34N6OSi/c1-17-7-4-5-8-20(17)26-21-12-10-18(29)15-24(21)36(2,3)25-16-19(11-13-22(25)26)34-27(35)23(30)9-6-14-33-28(31)32/h4-5,7-8,10-13,15-16,23,29H,6,9,14,30H2,1-3H3,(H,34,35)(H4,31,32,33)/p+1/t23-/m0/s1. The van der Waals surface area contributed by atoms with Crippen molar-refractivity contribution in [2.45, 2.75) is 38.9 Å². The lowest BCUT2D eigenvalue weighted by Gasteiger charge is -2.38. The van der Waals surface area contributed by atoms with E-state index in [-0.39, 0.29) is 11.9 Å². The molecule has 0 bridgehead atoms. The normalized spacial score (nSPS) is 16.6. The molecule has 0 saturated heterocycles. The molecule has 1 aliphatic heterocycles. The molecule has 0 saturated carbocycles. The summed E-state index contributed by atoms with van der Waals surface area (Å²) in [6.07, 6.45) is 7.38. The minimum absolute atomic E-state index is 0.0408. The Morgan fingerprint density at radius 2 is 1.86 bits per heavy atom. The van der Waals surface area contributed by atoms with Crippen LogP contribution < -0.4 is 33.1 Å². The lowest BCUT2D eigenvalue weighted by Crippen LogP contribution is -2.51. The average Bonchev–Trinajstić information content (AvgIpc) is 2.83. The van der Waals surface area contributed by atoms with Crippen molar-refractivity contribution in [2.75, 3.05) is 11.9 Å². The van der Waals surface area contributed by atoms with Gasteiger partial charge in [0.1, 0.15) is 8.07 Å². The van der Waals surface area contributed by atoms with Crippen LogP contribution in [-0.4, -0.2) is 38.2 Å². The predicted octanol–water partition coefficient (Wildman–Crippen LogP) is 1.28. The minimum atomic E-state index is -2.12. The van der Waals surface area contributed by atoms with Crippen molar-refractivity contribution in [2.24, 2.45) is 22.2 Å². The number of aliphatic imine (C=N–C) groups is 1. The van der Waals surface area contributed by atoms with Crippen molar-refractivity contribution in [3.8, 4) is 0 Å². The third kappa shape index (κ3) is 4.96. The van der Waals surface area contributed by atoms with Crippen LogP contribution in [0.1, 0.15) is 29.5 Å². The van der Waals surface area contributed by atoms with Crippen LogP contribution in [0.4, 0.5) is 5.69 Å². The number of nitrogens with zero attached hydrogens (tertiary/aromatic N) is 1. The molecule has 1 aliphatic carbocycles. The molecule has 36 heavy (non-hydrogen) atoms. The van der Waals surface area contributed by atoms with E-state index in [1.807, 2.05) is 12.1 Å². The van der Waals surface area contributed by atoms with Crippen LogP contribution in [0.25, 0.3) is 5.57 Å². The van der Waals surface area contributed by atoms with Crippen molar-refractivity contribution in [1.82, 2.24) is 0 Å². The Morgan fingerprint density at radius 3 is 2.58 bits per heavy atom. The van der Waals surface area contributed by atoms with Crippen LogP contribution >= 0.6 is 0 Å². The number of carbonyl (C=O) groups is 1. The zero-order valence-electron chi connectivity index (χ0n) is 21.1. The number of aryl methyl sites for hydroxylation is 1. The summed E-state index contributed by atoms with van der Waals surface area (Å²) < 4.78 is 0. The summed E-state index contributed by atoms with van der Waals surface area (Å²) in [5.41, 5.74) is 24.4. The Bertz CT molecular complexity index is 1350. The minimum Gasteiger partial charge on any atom is -0.370 e. The maximum Gasteiger partial charge on any atom is 0.241 e.